The van der Waals surface area contributed by atoms with Crippen molar-refractivity contribution in [2.75, 3.05) is 6.61 Å². The SMILES string of the molecule is CC(C(=O)OCCC#N)n1cccc1. The second kappa shape index (κ2) is 5.07. The molecule has 1 aromatic rings. The number of nitriles is 1. The van der Waals surface area contributed by atoms with Crippen LogP contribution >= 0.6 is 0 Å². The number of rotatable bonds is 4. The summed E-state index contributed by atoms with van der Waals surface area (Å²) in [5, 5.41) is 8.26. The molecule has 1 aromatic heterocycles. The van der Waals surface area contributed by atoms with E-state index < -0.39 is 0 Å². The molecular formula is C10H12N2O2. The van der Waals surface area contributed by atoms with Crippen LogP contribution in [0.4, 0.5) is 0 Å². The third-order valence-corrected chi connectivity index (χ3v) is 1.87. The van der Waals surface area contributed by atoms with E-state index in [4.69, 9.17) is 10.00 Å². The van der Waals surface area contributed by atoms with Crippen LogP contribution < -0.4 is 0 Å². The molecule has 0 amide bonds. The minimum atomic E-state index is -0.330. The molecule has 0 aliphatic rings. The Kier molecular flexibility index (Phi) is 3.74. The van der Waals surface area contributed by atoms with Crippen LogP contribution in [0.2, 0.25) is 0 Å². The van der Waals surface area contributed by atoms with E-state index in [2.05, 4.69) is 0 Å². The average molecular weight is 192 g/mol. The molecule has 74 valence electrons. The summed E-state index contributed by atoms with van der Waals surface area (Å²) >= 11 is 0. The molecule has 1 rings (SSSR count). The van der Waals surface area contributed by atoms with Crippen molar-refractivity contribution in [3.63, 3.8) is 0 Å². The van der Waals surface area contributed by atoms with Crippen LogP contribution in [0.15, 0.2) is 24.5 Å². The summed E-state index contributed by atoms with van der Waals surface area (Å²) in [6, 6.07) is 5.28. The normalized spacial score (nSPS) is 11.7. The van der Waals surface area contributed by atoms with Gasteiger partial charge in [-0.25, -0.2) is 4.79 Å². The van der Waals surface area contributed by atoms with E-state index in [0.717, 1.165) is 0 Å². The zero-order valence-corrected chi connectivity index (χ0v) is 8.01. The first-order valence-corrected chi connectivity index (χ1v) is 4.41. The van der Waals surface area contributed by atoms with Gasteiger partial charge in [0.05, 0.1) is 12.5 Å². The fourth-order valence-electron chi connectivity index (χ4n) is 1.05. The van der Waals surface area contributed by atoms with Crippen LogP contribution in [0.1, 0.15) is 19.4 Å². The second-order valence-electron chi connectivity index (χ2n) is 2.88. The number of esters is 1. The van der Waals surface area contributed by atoms with Gasteiger partial charge in [0.1, 0.15) is 12.6 Å². The standard InChI is InChI=1S/C10H12N2O2/c1-9(12-6-2-3-7-12)10(13)14-8-4-5-11/h2-3,6-7,9H,4,8H2,1H3. The maximum Gasteiger partial charge on any atom is 0.328 e. The molecule has 0 bridgehead atoms. The number of ether oxygens (including phenoxy) is 1. The third-order valence-electron chi connectivity index (χ3n) is 1.87. The predicted octanol–water partition coefficient (Wildman–Crippen LogP) is 1.51. The highest BCUT2D eigenvalue weighted by atomic mass is 16.5. The molecule has 1 unspecified atom stereocenters. The Bertz CT molecular complexity index is 324. The first-order valence-electron chi connectivity index (χ1n) is 4.41. The van der Waals surface area contributed by atoms with Gasteiger partial charge in [0.15, 0.2) is 0 Å². The van der Waals surface area contributed by atoms with E-state index >= 15 is 0 Å². The predicted molar refractivity (Wildman–Crippen MR) is 50.3 cm³/mol. The van der Waals surface area contributed by atoms with Gasteiger partial charge < -0.3 is 9.30 Å². The fourth-order valence-corrected chi connectivity index (χ4v) is 1.05. The maximum atomic E-state index is 11.4. The van der Waals surface area contributed by atoms with E-state index in [9.17, 15) is 4.79 Å². The number of hydrogen-bond donors (Lipinski definition) is 0. The van der Waals surface area contributed by atoms with Crippen molar-refractivity contribution >= 4 is 5.97 Å². The molecule has 0 aliphatic heterocycles. The Hall–Kier alpha value is -1.76. The molecule has 4 nitrogen and oxygen atoms in total. The van der Waals surface area contributed by atoms with E-state index in [1.807, 2.05) is 18.2 Å². The summed E-state index contributed by atoms with van der Waals surface area (Å²) in [7, 11) is 0. The van der Waals surface area contributed by atoms with Gasteiger partial charge in [-0.1, -0.05) is 0 Å². The Morgan fingerprint density at radius 2 is 2.21 bits per heavy atom. The summed E-state index contributed by atoms with van der Waals surface area (Å²) < 4.78 is 6.64. The smallest absolute Gasteiger partial charge is 0.328 e. The van der Waals surface area contributed by atoms with Crippen LogP contribution in [-0.2, 0) is 9.53 Å². The minimum absolute atomic E-state index is 0.168. The summed E-state index contributed by atoms with van der Waals surface area (Å²) in [6.07, 6.45) is 3.84. The van der Waals surface area contributed by atoms with Crippen molar-refractivity contribution in [1.29, 1.82) is 5.26 Å². The van der Waals surface area contributed by atoms with Gasteiger partial charge in [-0.15, -0.1) is 0 Å². The molecule has 0 spiro atoms. The van der Waals surface area contributed by atoms with E-state index in [0.29, 0.717) is 0 Å². The maximum absolute atomic E-state index is 11.4. The van der Waals surface area contributed by atoms with Gasteiger partial charge in [-0.2, -0.15) is 5.26 Å². The largest absolute Gasteiger partial charge is 0.463 e. The molecular weight excluding hydrogens is 180 g/mol. The third kappa shape index (κ3) is 2.63. The highest BCUT2D eigenvalue weighted by molar-refractivity contribution is 5.73. The summed E-state index contributed by atoms with van der Waals surface area (Å²) in [4.78, 5) is 11.4. The van der Waals surface area contributed by atoms with Gasteiger partial charge in [-0.05, 0) is 19.1 Å². The van der Waals surface area contributed by atoms with Crippen molar-refractivity contribution in [2.45, 2.75) is 19.4 Å². The van der Waals surface area contributed by atoms with E-state index in [1.165, 1.54) is 0 Å². The topological polar surface area (TPSA) is 55.0 Å². The molecule has 4 heteroatoms. The van der Waals surface area contributed by atoms with Crippen LogP contribution in [0, 0.1) is 11.3 Å². The number of hydrogen-bond acceptors (Lipinski definition) is 3. The van der Waals surface area contributed by atoms with Crippen molar-refractivity contribution in [3.05, 3.63) is 24.5 Å². The molecule has 1 atom stereocenters. The number of nitrogens with zero attached hydrogens (tertiary/aromatic N) is 2. The molecule has 0 aromatic carbocycles. The van der Waals surface area contributed by atoms with Gasteiger partial charge in [0.25, 0.3) is 0 Å². The molecule has 0 N–H and O–H groups in total. The van der Waals surface area contributed by atoms with Gasteiger partial charge >= 0.3 is 5.97 Å². The molecule has 1 heterocycles. The second-order valence-corrected chi connectivity index (χ2v) is 2.88. The molecule has 0 aliphatic carbocycles. The Morgan fingerprint density at radius 3 is 2.79 bits per heavy atom. The average Bonchev–Trinajstić information content (AvgIpc) is 2.69. The molecule has 0 saturated heterocycles. The van der Waals surface area contributed by atoms with Crippen LogP contribution in [0.25, 0.3) is 0 Å². The summed E-state index contributed by atoms with van der Waals surface area (Å²) in [6.45, 7) is 1.93. The van der Waals surface area contributed by atoms with Crippen molar-refractivity contribution in [1.82, 2.24) is 4.57 Å². The first kappa shape index (κ1) is 10.3. The van der Waals surface area contributed by atoms with Gasteiger partial charge in [-0.3, -0.25) is 0 Å². The molecule has 0 radical (unpaired) electrons. The van der Waals surface area contributed by atoms with Gasteiger partial charge in [0, 0.05) is 12.4 Å². The van der Waals surface area contributed by atoms with Crippen LogP contribution in [0.5, 0.6) is 0 Å². The Labute approximate surface area is 82.7 Å². The fraction of sp³-hybridized carbons (Fsp3) is 0.400. The highest BCUT2D eigenvalue weighted by Gasteiger charge is 2.14. The van der Waals surface area contributed by atoms with Crippen molar-refractivity contribution in [2.24, 2.45) is 0 Å². The molecule has 0 fully saturated rings. The van der Waals surface area contributed by atoms with Crippen molar-refractivity contribution in [3.8, 4) is 6.07 Å². The summed E-state index contributed by atoms with van der Waals surface area (Å²) in [5.74, 6) is -0.309. The molecule has 14 heavy (non-hydrogen) atoms. The zero-order valence-electron chi connectivity index (χ0n) is 8.01. The number of aromatic nitrogens is 1. The van der Waals surface area contributed by atoms with Crippen LogP contribution in [-0.4, -0.2) is 17.1 Å². The quantitative estimate of drug-likeness (QED) is 0.536. The molecule has 0 saturated carbocycles. The Morgan fingerprint density at radius 1 is 1.57 bits per heavy atom. The minimum Gasteiger partial charge on any atom is -0.463 e. The monoisotopic (exact) mass is 192 g/mol. The van der Waals surface area contributed by atoms with E-state index in [-0.39, 0.29) is 25.0 Å². The van der Waals surface area contributed by atoms with E-state index in [1.54, 1.807) is 23.9 Å². The number of carbonyl (C=O) groups is 1. The van der Waals surface area contributed by atoms with Crippen LogP contribution in [0.3, 0.4) is 0 Å². The zero-order chi connectivity index (χ0) is 10.4. The Balaban J connectivity index is 2.42. The number of carbonyl (C=O) groups excluding carboxylic acids is 1. The van der Waals surface area contributed by atoms with Crippen molar-refractivity contribution < 1.29 is 9.53 Å². The lowest BCUT2D eigenvalue weighted by Crippen LogP contribution is -2.18. The first-order chi connectivity index (χ1) is 6.75. The lowest BCUT2D eigenvalue weighted by molar-refractivity contribution is -0.146. The summed E-state index contributed by atoms with van der Waals surface area (Å²) in [5.41, 5.74) is 0. The lowest BCUT2D eigenvalue weighted by atomic mass is 10.3. The highest BCUT2D eigenvalue weighted by Crippen LogP contribution is 2.07. The van der Waals surface area contributed by atoms with Gasteiger partial charge in [0.2, 0.25) is 0 Å². The lowest BCUT2D eigenvalue weighted by Gasteiger charge is -2.11.